The van der Waals surface area contributed by atoms with Crippen molar-refractivity contribution in [2.24, 2.45) is 11.7 Å². The molecule has 1 atom stereocenters. The Morgan fingerprint density at radius 2 is 2.00 bits per heavy atom. The first-order valence-electron chi connectivity index (χ1n) is 6.56. The van der Waals surface area contributed by atoms with Crippen LogP contribution in [0.5, 0.6) is 0 Å². The van der Waals surface area contributed by atoms with Crippen LogP contribution in [0.2, 0.25) is 0 Å². The van der Waals surface area contributed by atoms with E-state index >= 15 is 0 Å². The third-order valence-electron chi connectivity index (χ3n) is 3.47. The smallest absolute Gasteiger partial charge is 0.123 e. The van der Waals surface area contributed by atoms with Gasteiger partial charge in [-0.2, -0.15) is 0 Å². The van der Waals surface area contributed by atoms with E-state index in [1.54, 1.807) is 12.1 Å². The van der Waals surface area contributed by atoms with Gasteiger partial charge in [-0.25, -0.2) is 4.39 Å². The lowest BCUT2D eigenvalue weighted by molar-refractivity contribution is 0.360. The van der Waals surface area contributed by atoms with Crippen LogP contribution in [0.4, 0.5) is 4.39 Å². The van der Waals surface area contributed by atoms with Gasteiger partial charge in [0.05, 0.1) is 0 Å². The van der Waals surface area contributed by atoms with Crippen molar-refractivity contribution in [1.29, 1.82) is 0 Å². The number of benzene rings is 1. The van der Waals surface area contributed by atoms with Crippen molar-refractivity contribution < 1.29 is 4.39 Å². The summed E-state index contributed by atoms with van der Waals surface area (Å²) in [7, 11) is 0. The number of rotatable bonds is 6. The normalized spacial score (nSPS) is 13.9. The van der Waals surface area contributed by atoms with E-state index in [0.29, 0.717) is 18.5 Å². The fourth-order valence-electron chi connectivity index (χ4n) is 1.99. The minimum atomic E-state index is -0.181. The van der Waals surface area contributed by atoms with Gasteiger partial charge < -0.3 is 11.1 Å². The third kappa shape index (κ3) is 4.07. The van der Waals surface area contributed by atoms with Crippen LogP contribution in [0.1, 0.15) is 33.3 Å². The summed E-state index contributed by atoms with van der Waals surface area (Å²) in [4.78, 5) is 0. The lowest BCUT2D eigenvalue weighted by Crippen LogP contribution is -2.45. The van der Waals surface area contributed by atoms with Gasteiger partial charge in [-0.05, 0) is 23.6 Å². The van der Waals surface area contributed by atoms with Gasteiger partial charge in [0.15, 0.2) is 0 Å². The van der Waals surface area contributed by atoms with Crippen molar-refractivity contribution in [1.82, 2.24) is 5.32 Å². The van der Waals surface area contributed by atoms with Gasteiger partial charge in [0.1, 0.15) is 5.82 Å². The summed E-state index contributed by atoms with van der Waals surface area (Å²) in [6, 6.07) is 7.11. The highest BCUT2D eigenvalue weighted by molar-refractivity contribution is 5.24. The maximum Gasteiger partial charge on any atom is 0.123 e. The van der Waals surface area contributed by atoms with Crippen molar-refractivity contribution in [2.45, 2.75) is 39.2 Å². The van der Waals surface area contributed by atoms with E-state index in [9.17, 15) is 4.39 Å². The standard InChI is InChI=1S/C15H25FN2/c1-11(2)14(9-17)18-10-15(3,4)12-6-5-7-13(16)8-12/h5-8,11,14,18H,9-10,17H2,1-4H3. The first-order chi connectivity index (χ1) is 8.36. The number of halogens is 1. The van der Waals surface area contributed by atoms with Crippen molar-refractivity contribution in [3.8, 4) is 0 Å². The average Bonchev–Trinajstić information content (AvgIpc) is 2.29. The SMILES string of the molecule is CC(C)C(CN)NCC(C)(C)c1cccc(F)c1. The molecule has 18 heavy (non-hydrogen) atoms. The minimum Gasteiger partial charge on any atom is -0.329 e. The van der Waals surface area contributed by atoms with Crippen molar-refractivity contribution in [3.63, 3.8) is 0 Å². The van der Waals surface area contributed by atoms with Crippen LogP contribution in [-0.2, 0) is 5.41 Å². The zero-order chi connectivity index (χ0) is 13.8. The highest BCUT2D eigenvalue weighted by atomic mass is 19.1. The van der Waals surface area contributed by atoms with Crippen LogP contribution in [0.3, 0.4) is 0 Å². The van der Waals surface area contributed by atoms with E-state index in [1.165, 1.54) is 6.07 Å². The van der Waals surface area contributed by atoms with Crippen LogP contribution in [0.15, 0.2) is 24.3 Å². The van der Waals surface area contributed by atoms with E-state index in [-0.39, 0.29) is 11.2 Å². The summed E-state index contributed by atoms with van der Waals surface area (Å²) in [5.41, 5.74) is 6.65. The summed E-state index contributed by atoms with van der Waals surface area (Å²) in [5, 5.41) is 3.48. The molecule has 0 amide bonds. The summed E-state index contributed by atoms with van der Waals surface area (Å²) in [6.07, 6.45) is 0. The summed E-state index contributed by atoms with van der Waals surface area (Å²) in [6.45, 7) is 9.94. The molecule has 1 aromatic carbocycles. The zero-order valence-corrected chi connectivity index (χ0v) is 11.8. The number of nitrogens with one attached hydrogen (secondary N) is 1. The highest BCUT2D eigenvalue weighted by Crippen LogP contribution is 2.23. The number of hydrogen-bond donors (Lipinski definition) is 2. The summed E-state index contributed by atoms with van der Waals surface area (Å²) < 4.78 is 13.3. The van der Waals surface area contributed by atoms with Gasteiger partial charge in [-0.15, -0.1) is 0 Å². The van der Waals surface area contributed by atoms with E-state index in [1.807, 2.05) is 6.07 Å². The summed E-state index contributed by atoms with van der Waals surface area (Å²) in [5.74, 6) is 0.318. The Kier molecular flexibility index (Phi) is 5.29. The molecule has 1 rings (SSSR count). The fraction of sp³-hybridized carbons (Fsp3) is 0.600. The first kappa shape index (κ1) is 15.1. The quantitative estimate of drug-likeness (QED) is 0.817. The lowest BCUT2D eigenvalue weighted by Gasteiger charge is -2.30. The molecule has 1 aromatic rings. The Morgan fingerprint density at radius 3 is 2.50 bits per heavy atom. The van der Waals surface area contributed by atoms with Crippen LogP contribution >= 0.6 is 0 Å². The van der Waals surface area contributed by atoms with Gasteiger partial charge in [-0.1, -0.05) is 39.8 Å². The second-order valence-corrected chi connectivity index (χ2v) is 5.86. The molecule has 0 saturated carbocycles. The molecule has 0 radical (unpaired) electrons. The molecule has 0 aromatic heterocycles. The minimum absolute atomic E-state index is 0.107. The van der Waals surface area contributed by atoms with Crippen molar-refractivity contribution in [3.05, 3.63) is 35.6 Å². The van der Waals surface area contributed by atoms with Gasteiger partial charge in [0.2, 0.25) is 0 Å². The van der Waals surface area contributed by atoms with Gasteiger partial charge >= 0.3 is 0 Å². The molecular weight excluding hydrogens is 227 g/mol. The molecule has 0 aliphatic rings. The molecule has 0 bridgehead atoms. The van der Waals surface area contributed by atoms with Crippen LogP contribution in [0.25, 0.3) is 0 Å². The Morgan fingerprint density at radius 1 is 1.33 bits per heavy atom. The Hall–Kier alpha value is -0.930. The Balaban J connectivity index is 2.70. The molecule has 3 heteroatoms. The average molecular weight is 252 g/mol. The van der Waals surface area contributed by atoms with Crippen LogP contribution in [0, 0.1) is 11.7 Å². The predicted octanol–water partition coefficient (Wildman–Crippen LogP) is 2.68. The largest absolute Gasteiger partial charge is 0.329 e. The molecular formula is C15H25FN2. The molecule has 102 valence electrons. The van der Waals surface area contributed by atoms with Crippen molar-refractivity contribution in [2.75, 3.05) is 13.1 Å². The van der Waals surface area contributed by atoms with Gasteiger partial charge in [0.25, 0.3) is 0 Å². The first-order valence-corrected chi connectivity index (χ1v) is 6.56. The third-order valence-corrected chi connectivity index (χ3v) is 3.47. The second-order valence-electron chi connectivity index (χ2n) is 5.86. The molecule has 0 heterocycles. The van der Waals surface area contributed by atoms with Gasteiger partial charge in [-0.3, -0.25) is 0 Å². The van der Waals surface area contributed by atoms with E-state index in [2.05, 4.69) is 33.0 Å². The number of hydrogen-bond acceptors (Lipinski definition) is 2. The number of nitrogens with two attached hydrogens (primary N) is 1. The van der Waals surface area contributed by atoms with Gasteiger partial charge in [0, 0.05) is 24.5 Å². The fourth-order valence-corrected chi connectivity index (χ4v) is 1.99. The van der Waals surface area contributed by atoms with Crippen molar-refractivity contribution >= 4 is 0 Å². The molecule has 0 fully saturated rings. The van der Waals surface area contributed by atoms with E-state index in [0.717, 1.165) is 12.1 Å². The van der Waals surface area contributed by atoms with Crippen LogP contribution in [-0.4, -0.2) is 19.1 Å². The topological polar surface area (TPSA) is 38.0 Å². The van der Waals surface area contributed by atoms with E-state index in [4.69, 9.17) is 5.73 Å². The van der Waals surface area contributed by atoms with E-state index < -0.39 is 0 Å². The monoisotopic (exact) mass is 252 g/mol. The molecule has 0 aliphatic carbocycles. The summed E-state index contributed by atoms with van der Waals surface area (Å²) >= 11 is 0. The molecule has 2 nitrogen and oxygen atoms in total. The molecule has 0 saturated heterocycles. The highest BCUT2D eigenvalue weighted by Gasteiger charge is 2.22. The Bertz CT molecular complexity index is 375. The second kappa shape index (κ2) is 6.30. The molecule has 1 unspecified atom stereocenters. The molecule has 3 N–H and O–H groups in total. The molecule has 0 spiro atoms. The predicted molar refractivity (Wildman–Crippen MR) is 75.1 cm³/mol. The maximum absolute atomic E-state index is 13.3. The Labute approximate surface area is 110 Å². The lowest BCUT2D eigenvalue weighted by atomic mass is 9.84. The van der Waals surface area contributed by atoms with Crippen LogP contribution < -0.4 is 11.1 Å². The molecule has 0 aliphatic heterocycles. The maximum atomic E-state index is 13.3. The zero-order valence-electron chi connectivity index (χ0n) is 11.8.